The third-order valence-electron chi connectivity index (χ3n) is 2.77. The molecular formula is C15H14BrNO2. The number of carboxylic acids is 1. The minimum Gasteiger partial charge on any atom is -0.478 e. The molecule has 98 valence electrons. The topological polar surface area (TPSA) is 49.3 Å². The van der Waals surface area contributed by atoms with Gasteiger partial charge in [0.05, 0.1) is 5.56 Å². The first kappa shape index (κ1) is 13.6. The molecule has 0 aliphatic carbocycles. The smallest absolute Gasteiger partial charge is 0.336 e. The number of halogens is 1. The summed E-state index contributed by atoms with van der Waals surface area (Å²) in [5, 5.41) is 12.4. The van der Waals surface area contributed by atoms with E-state index in [1.54, 1.807) is 12.1 Å². The van der Waals surface area contributed by atoms with Gasteiger partial charge in [0.15, 0.2) is 0 Å². The molecule has 0 aliphatic rings. The Bertz CT molecular complexity index is 591. The quantitative estimate of drug-likeness (QED) is 0.893. The first-order valence-corrected chi connectivity index (χ1v) is 6.68. The number of aryl methyl sites for hydroxylation is 1. The van der Waals surface area contributed by atoms with Gasteiger partial charge in [0.25, 0.3) is 0 Å². The SMILES string of the molecule is Cc1cc(Br)cc(NCc2ccccc2C(=O)O)c1. The van der Waals surface area contributed by atoms with Gasteiger partial charge in [0.1, 0.15) is 0 Å². The first-order chi connectivity index (χ1) is 9.06. The minimum absolute atomic E-state index is 0.335. The number of nitrogens with one attached hydrogen (secondary N) is 1. The van der Waals surface area contributed by atoms with E-state index in [2.05, 4.69) is 21.2 Å². The molecule has 2 aromatic rings. The molecule has 0 heterocycles. The van der Waals surface area contributed by atoms with E-state index in [4.69, 9.17) is 5.11 Å². The second-order valence-electron chi connectivity index (χ2n) is 4.33. The summed E-state index contributed by atoms with van der Waals surface area (Å²) in [5.41, 5.74) is 3.21. The number of anilines is 1. The van der Waals surface area contributed by atoms with Crippen molar-refractivity contribution in [2.45, 2.75) is 13.5 Å². The third kappa shape index (κ3) is 3.58. The third-order valence-corrected chi connectivity index (χ3v) is 3.23. The van der Waals surface area contributed by atoms with Crippen molar-refractivity contribution in [3.05, 3.63) is 63.6 Å². The highest BCUT2D eigenvalue weighted by Crippen LogP contribution is 2.20. The lowest BCUT2D eigenvalue weighted by molar-refractivity contribution is 0.0696. The van der Waals surface area contributed by atoms with Crippen LogP contribution >= 0.6 is 15.9 Å². The Morgan fingerprint density at radius 2 is 2.00 bits per heavy atom. The predicted octanol–water partition coefficient (Wildman–Crippen LogP) is 4.07. The van der Waals surface area contributed by atoms with E-state index in [1.807, 2.05) is 37.3 Å². The summed E-state index contributed by atoms with van der Waals surface area (Å²) in [6.07, 6.45) is 0. The Labute approximate surface area is 120 Å². The zero-order valence-electron chi connectivity index (χ0n) is 10.5. The van der Waals surface area contributed by atoms with Crippen molar-refractivity contribution in [3.63, 3.8) is 0 Å². The molecule has 2 N–H and O–H groups in total. The standard InChI is InChI=1S/C15H14BrNO2/c1-10-6-12(16)8-13(7-10)17-9-11-4-2-3-5-14(11)15(18)19/h2-8,17H,9H2,1H3,(H,18,19). The van der Waals surface area contributed by atoms with E-state index in [9.17, 15) is 4.79 Å². The summed E-state index contributed by atoms with van der Waals surface area (Å²) in [4.78, 5) is 11.1. The van der Waals surface area contributed by atoms with E-state index in [0.29, 0.717) is 12.1 Å². The highest BCUT2D eigenvalue weighted by molar-refractivity contribution is 9.10. The molecule has 0 atom stereocenters. The molecule has 2 rings (SSSR count). The molecule has 0 saturated heterocycles. The lowest BCUT2D eigenvalue weighted by Gasteiger charge is -2.10. The number of aromatic carboxylic acids is 1. The average molecular weight is 320 g/mol. The molecule has 2 aromatic carbocycles. The number of benzene rings is 2. The monoisotopic (exact) mass is 319 g/mol. The number of carboxylic acid groups (broad SMARTS) is 1. The van der Waals surface area contributed by atoms with Crippen molar-refractivity contribution in [1.82, 2.24) is 0 Å². The van der Waals surface area contributed by atoms with Gasteiger partial charge in [0.2, 0.25) is 0 Å². The van der Waals surface area contributed by atoms with Crippen molar-refractivity contribution in [1.29, 1.82) is 0 Å². The van der Waals surface area contributed by atoms with Crippen molar-refractivity contribution in [2.75, 3.05) is 5.32 Å². The van der Waals surface area contributed by atoms with Crippen LogP contribution in [0, 0.1) is 6.92 Å². The van der Waals surface area contributed by atoms with Crippen LogP contribution in [0.25, 0.3) is 0 Å². The maximum atomic E-state index is 11.1. The van der Waals surface area contributed by atoms with Gasteiger partial charge in [-0.1, -0.05) is 34.1 Å². The maximum absolute atomic E-state index is 11.1. The van der Waals surface area contributed by atoms with Gasteiger partial charge in [-0.25, -0.2) is 4.79 Å². The Balaban J connectivity index is 2.16. The molecule has 0 bridgehead atoms. The molecule has 0 radical (unpaired) electrons. The fourth-order valence-electron chi connectivity index (χ4n) is 1.92. The summed E-state index contributed by atoms with van der Waals surface area (Å²) < 4.78 is 1.00. The molecule has 0 fully saturated rings. The van der Waals surface area contributed by atoms with Crippen LogP contribution in [-0.2, 0) is 6.54 Å². The molecule has 0 amide bonds. The van der Waals surface area contributed by atoms with Crippen LogP contribution in [0.1, 0.15) is 21.5 Å². The van der Waals surface area contributed by atoms with E-state index < -0.39 is 5.97 Å². The molecule has 0 aliphatic heterocycles. The van der Waals surface area contributed by atoms with Crippen LogP contribution in [0.15, 0.2) is 46.9 Å². The summed E-state index contributed by atoms with van der Waals surface area (Å²) >= 11 is 3.44. The minimum atomic E-state index is -0.900. The largest absolute Gasteiger partial charge is 0.478 e. The van der Waals surface area contributed by atoms with Crippen molar-refractivity contribution >= 4 is 27.6 Å². The number of hydrogen-bond donors (Lipinski definition) is 2. The van der Waals surface area contributed by atoms with Gasteiger partial charge < -0.3 is 10.4 Å². The predicted molar refractivity (Wildman–Crippen MR) is 79.6 cm³/mol. The van der Waals surface area contributed by atoms with E-state index >= 15 is 0 Å². The van der Waals surface area contributed by atoms with E-state index in [-0.39, 0.29) is 0 Å². The van der Waals surface area contributed by atoms with E-state index in [0.717, 1.165) is 21.3 Å². The lowest BCUT2D eigenvalue weighted by atomic mass is 10.1. The van der Waals surface area contributed by atoms with Crippen molar-refractivity contribution in [3.8, 4) is 0 Å². The molecule has 3 nitrogen and oxygen atoms in total. The molecule has 0 unspecified atom stereocenters. The number of hydrogen-bond acceptors (Lipinski definition) is 2. The van der Waals surface area contributed by atoms with Gasteiger partial charge in [-0.15, -0.1) is 0 Å². The fraction of sp³-hybridized carbons (Fsp3) is 0.133. The average Bonchev–Trinajstić information content (AvgIpc) is 2.35. The second kappa shape index (κ2) is 5.89. The summed E-state index contributed by atoms with van der Waals surface area (Å²) in [6.45, 7) is 2.50. The van der Waals surface area contributed by atoms with Crippen LogP contribution in [0.3, 0.4) is 0 Å². The van der Waals surface area contributed by atoms with Crippen molar-refractivity contribution in [2.24, 2.45) is 0 Å². The Morgan fingerprint density at radius 1 is 1.26 bits per heavy atom. The zero-order valence-corrected chi connectivity index (χ0v) is 12.1. The summed E-state index contributed by atoms with van der Waals surface area (Å²) in [7, 11) is 0. The highest BCUT2D eigenvalue weighted by atomic mass is 79.9. The van der Waals surface area contributed by atoms with Gasteiger partial charge in [-0.05, 0) is 42.3 Å². The first-order valence-electron chi connectivity index (χ1n) is 5.88. The molecule has 0 saturated carbocycles. The van der Waals surface area contributed by atoms with Gasteiger partial charge >= 0.3 is 5.97 Å². The van der Waals surface area contributed by atoms with Gasteiger partial charge in [0, 0.05) is 16.7 Å². The van der Waals surface area contributed by atoms with Gasteiger partial charge in [-0.3, -0.25) is 0 Å². The van der Waals surface area contributed by atoms with Crippen LogP contribution in [0.2, 0.25) is 0 Å². The van der Waals surface area contributed by atoms with Crippen LogP contribution in [0.5, 0.6) is 0 Å². The van der Waals surface area contributed by atoms with Crippen LogP contribution < -0.4 is 5.32 Å². The van der Waals surface area contributed by atoms with Crippen LogP contribution in [0.4, 0.5) is 5.69 Å². The number of rotatable bonds is 4. The van der Waals surface area contributed by atoms with E-state index in [1.165, 1.54) is 0 Å². The number of carbonyl (C=O) groups is 1. The fourth-order valence-corrected chi connectivity index (χ4v) is 2.53. The zero-order chi connectivity index (χ0) is 13.8. The van der Waals surface area contributed by atoms with Crippen molar-refractivity contribution < 1.29 is 9.90 Å². The Kier molecular flexibility index (Phi) is 4.22. The molecule has 4 heteroatoms. The molecule has 0 aromatic heterocycles. The summed E-state index contributed by atoms with van der Waals surface area (Å²) in [6, 6.07) is 13.0. The second-order valence-corrected chi connectivity index (χ2v) is 5.25. The molecule has 19 heavy (non-hydrogen) atoms. The Hall–Kier alpha value is -1.81. The Morgan fingerprint density at radius 3 is 2.68 bits per heavy atom. The lowest BCUT2D eigenvalue weighted by Crippen LogP contribution is -2.07. The van der Waals surface area contributed by atoms with Gasteiger partial charge in [-0.2, -0.15) is 0 Å². The summed E-state index contributed by atoms with van der Waals surface area (Å²) in [5.74, 6) is -0.900. The highest BCUT2D eigenvalue weighted by Gasteiger charge is 2.08. The normalized spacial score (nSPS) is 10.2. The molecular weight excluding hydrogens is 306 g/mol. The molecule has 0 spiro atoms. The maximum Gasteiger partial charge on any atom is 0.336 e. The van der Waals surface area contributed by atoms with Crippen LogP contribution in [-0.4, -0.2) is 11.1 Å².